The lowest BCUT2D eigenvalue weighted by Gasteiger charge is -2.33. The van der Waals surface area contributed by atoms with Crippen molar-refractivity contribution in [3.63, 3.8) is 0 Å². The summed E-state index contributed by atoms with van der Waals surface area (Å²) in [7, 11) is 0. The summed E-state index contributed by atoms with van der Waals surface area (Å²) in [4.78, 5) is 24.5. The van der Waals surface area contributed by atoms with Crippen molar-refractivity contribution in [3.05, 3.63) is 83.2 Å². The fourth-order valence-corrected chi connectivity index (χ4v) is 5.22. The number of aromatic nitrogens is 4. The fraction of sp³-hybridized carbons (Fsp3) is 0.308. The summed E-state index contributed by atoms with van der Waals surface area (Å²) >= 11 is 1.45. The Bertz CT molecular complexity index is 1250. The Kier molecular flexibility index (Phi) is 7.41. The highest BCUT2D eigenvalue weighted by Crippen LogP contribution is 2.44. The number of carbonyl (C=O) groups excluding carboxylic acids is 2. The van der Waals surface area contributed by atoms with Crippen LogP contribution < -0.4 is 16.0 Å². The van der Waals surface area contributed by atoms with E-state index < -0.39 is 0 Å². The van der Waals surface area contributed by atoms with E-state index in [2.05, 4.69) is 36.3 Å². The van der Waals surface area contributed by atoms with Crippen LogP contribution in [0.5, 0.6) is 0 Å². The van der Waals surface area contributed by atoms with E-state index in [-0.39, 0.29) is 17.9 Å². The number of hydrogen-bond acceptors (Lipinski definition) is 8. The number of benzene rings is 1. The average Bonchev–Trinajstić information content (AvgIpc) is 3.31. The molecule has 3 aromatic rings. The SMILES string of the molecule is O=C(Cc1ccccc1)Nc1ccc(CC2CC(c3nnc(NC(=O)CC4C=CC=CN4)s3)C2)nn1. The van der Waals surface area contributed by atoms with Gasteiger partial charge in [0.05, 0.1) is 24.6 Å². The molecule has 0 radical (unpaired) electrons. The average molecular weight is 502 g/mol. The highest BCUT2D eigenvalue weighted by Gasteiger charge is 2.33. The number of rotatable bonds is 9. The van der Waals surface area contributed by atoms with Gasteiger partial charge in [0.2, 0.25) is 16.9 Å². The van der Waals surface area contributed by atoms with Gasteiger partial charge in [0.25, 0.3) is 0 Å². The Hall–Kier alpha value is -3.92. The fourth-order valence-electron chi connectivity index (χ4n) is 4.34. The summed E-state index contributed by atoms with van der Waals surface area (Å²) in [6.45, 7) is 0. The van der Waals surface area contributed by atoms with E-state index >= 15 is 0 Å². The van der Waals surface area contributed by atoms with Crippen molar-refractivity contribution < 1.29 is 9.59 Å². The molecule has 1 saturated carbocycles. The van der Waals surface area contributed by atoms with Crippen LogP contribution in [0.4, 0.5) is 10.9 Å². The van der Waals surface area contributed by atoms with Gasteiger partial charge in [0.15, 0.2) is 5.82 Å². The van der Waals surface area contributed by atoms with Crippen molar-refractivity contribution in [2.45, 2.75) is 44.1 Å². The van der Waals surface area contributed by atoms with E-state index in [0.29, 0.717) is 35.6 Å². The first kappa shape index (κ1) is 23.8. The summed E-state index contributed by atoms with van der Waals surface area (Å²) in [5, 5.41) is 27.2. The highest BCUT2D eigenvalue weighted by molar-refractivity contribution is 7.15. The lowest BCUT2D eigenvalue weighted by atomic mass is 9.73. The van der Waals surface area contributed by atoms with Crippen LogP contribution in [0, 0.1) is 5.92 Å². The van der Waals surface area contributed by atoms with Gasteiger partial charge in [0, 0.05) is 5.92 Å². The largest absolute Gasteiger partial charge is 0.384 e. The molecule has 0 bridgehead atoms. The predicted octanol–water partition coefficient (Wildman–Crippen LogP) is 3.62. The summed E-state index contributed by atoms with van der Waals surface area (Å²) in [6, 6.07) is 13.3. The second kappa shape index (κ2) is 11.2. The minimum atomic E-state index is -0.114. The maximum atomic E-state index is 12.3. The molecule has 1 aromatic carbocycles. The molecular formula is C26H27N7O2S. The van der Waals surface area contributed by atoms with E-state index in [1.807, 2.05) is 60.8 Å². The summed E-state index contributed by atoms with van der Waals surface area (Å²) in [5.74, 6) is 1.12. The molecule has 3 N–H and O–H groups in total. The van der Waals surface area contributed by atoms with Crippen LogP contribution in [0.3, 0.4) is 0 Å². The van der Waals surface area contributed by atoms with Crippen LogP contribution in [-0.4, -0.2) is 38.3 Å². The van der Waals surface area contributed by atoms with E-state index in [1.54, 1.807) is 6.07 Å². The summed E-state index contributed by atoms with van der Waals surface area (Å²) < 4.78 is 0. The van der Waals surface area contributed by atoms with Gasteiger partial charge >= 0.3 is 0 Å². The van der Waals surface area contributed by atoms with E-state index in [1.165, 1.54) is 11.3 Å². The van der Waals surface area contributed by atoms with Crippen LogP contribution in [0.25, 0.3) is 0 Å². The topological polar surface area (TPSA) is 122 Å². The standard InChI is InChI=1S/C26H27N7O2S/c34-23(15-17-6-2-1-3-7-17)28-22-10-9-21(30-31-22)14-18-12-19(13-18)25-32-33-26(36-25)29-24(35)16-20-8-4-5-11-27-20/h1-11,18-20,27H,12-16H2,(H,28,31,34)(H,29,33,35). The molecule has 1 fully saturated rings. The molecule has 0 spiro atoms. The quantitative estimate of drug-likeness (QED) is 0.409. The highest BCUT2D eigenvalue weighted by atomic mass is 32.1. The van der Waals surface area contributed by atoms with Crippen molar-refractivity contribution in [2.75, 3.05) is 10.6 Å². The number of dihydropyridines is 1. The van der Waals surface area contributed by atoms with Gasteiger partial charge in [-0.2, -0.15) is 5.10 Å². The number of carbonyl (C=O) groups is 2. The van der Waals surface area contributed by atoms with Gasteiger partial charge in [-0.1, -0.05) is 53.8 Å². The normalized spacial score (nSPS) is 20.3. The molecule has 1 atom stereocenters. The number of nitrogens with one attached hydrogen (secondary N) is 3. The third kappa shape index (κ3) is 6.39. The molecular weight excluding hydrogens is 474 g/mol. The van der Waals surface area contributed by atoms with Crippen molar-refractivity contribution in [2.24, 2.45) is 5.92 Å². The van der Waals surface area contributed by atoms with Crippen molar-refractivity contribution >= 4 is 34.1 Å². The second-order valence-corrected chi connectivity index (χ2v) is 10.1. The van der Waals surface area contributed by atoms with Gasteiger partial charge in [-0.15, -0.1) is 15.3 Å². The Morgan fingerprint density at radius 2 is 1.81 bits per heavy atom. The number of amides is 2. The molecule has 1 aliphatic carbocycles. The van der Waals surface area contributed by atoms with Gasteiger partial charge < -0.3 is 16.0 Å². The molecule has 2 aliphatic rings. The zero-order valence-corrected chi connectivity index (χ0v) is 20.4. The van der Waals surface area contributed by atoms with Gasteiger partial charge in [-0.3, -0.25) is 9.59 Å². The van der Waals surface area contributed by atoms with Crippen molar-refractivity contribution in [3.8, 4) is 0 Å². The molecule has 5 rings (SSSR count). The first-order valence-corrected chi connectivity index (χ1v) is 12.8. The van der Waals surface area contributed by atoms with E-state index in [9.17, 15) is 9.59 Å². The Morgan fingerprint density at radius 1 is 0.944 bits per heavy atom. The molecule has 2 aromatic heterocycles. The Morgan fingerprint density at radius 3 is 2.56 bits per heavy atom. The summed E-state index contributed by atoms with van der Waals surface area (Å²) in [6.07, 6.45) is 11.1. The van der Waals surface area contributed by atoms with E-state index in [4.69, 9.17) is 0 Å². The number of anilines is 2. The molecule has 3 heterocycles. The third-order valence-corrected chi connectivity index (χ3v) is 7.23. The molecule has 9 nitrogen and oxygen atoms in total. The summed E-state index contributed by atoms with van der Waals surface area (Å²) in [5.41, 5.74) is 1.86. The zero-order chi connectivity index (χ0) is 24.7. The van der Waals surface area contributed by atoms with Crippen LogP contribution in [0.15, 0.2) is 66.9 Å². The molecule has 10 heteroatoms. The zero-order valence-electron chi connectivity index (χ0n) is 19.6. The molecule has 184 valence electrons. The van der Waals surface area contributed by atoms with Crippen molar-refractivity contribution in [1.29, 1.82) is 0 Å². The Balaban J connectivity index is 1.04. The lowest BCUT2D eigenvalue weighted by Crippen LogP contribution is -2.29. The van der Waals surface area contributed by atoms with Gasteiger partial charge in [0.1, 0.15) is 5.01 Å². The second-order valence-electron chi connectivity index (χ2n) is 9.07. The van der Waals surface area contributed by atoms with Gasteiger partial charge in [-0.05, 0) is 55.2 Å². The van der Waals surface area contributed by atoms with Gasteiger partial charge in [-0.25, -0.2) is 0 Å². The monoisotopic (exact) mass is 501 g/mol. The molecule has 1 unspecified atom stereocenters. The van der Waals surface area contributed by atoms with Crippen LogP contribution in [0.2, 0.25) is 0 Å². The number of hydrogen-bond donors (Lipinski definition) is 3. The maximum absolute atomic E-state index is 12.3. The first-order valence-electron chi connectivity index (χ1n) is 12.0. The maximum Gasteiger partial charge on any atom is 0.229 e. The third-order valence-electron chi connectivity index (χ3n) is 6.23. The lowest BCUT2D eigenvalue weighted by molar-refractivity contribution is -0.117. The smallest absolute Gasteiger partial charge is 0.229 e. The van der Waals surface area contributed by atoms with Crippen molar-refractivity contribution in [1.82, 2.24) is 25.7 Å². The Labute approximate surface area is 213 Å². The minimum Gasteiger partial charge on any atom is -0.384 e. The number of nitrogens with zero attached hydrogens (tertiary/aromatic N) is 4. The molecule has 1 aliphatic heterocycles. The molecule has 36 heavy (non-hydrogen) atoms. The van der Waals surface area contributed by atoms with Crippen LogP contribution >= 0.6 is 11.3 Å². The minimum absolute atomic E-state index is 0.00231. The van der Waals surface area contributed by atoms with Crippen LogP contribution in [-0.2, 0) is 22.4 Å². The number of allylic oxidation sites excluding steroid dienone is 2. The first-order chi connectivity index (χ1) is 17.6. The predicted molar refractivity (Wildman–Crippen MR) is 138 cm³/mol. The van der Waals surface area contributed by atoms with E-state index in [0.717, 1.165) is 35.5 Å². The molecule has 0 saturated heterocycles. The van der Waals surface area contributed by atoms with Crippen LogP contribution in [0.1, 0.15) is 41.4 Å². The molecule has 2 amide bonds.